The summed E-state index contributed by atoms with van der Waals surface area (Å²) < 4.78 is 0. The highest BCUT2D eigenvalue weighted by Crippen LogP contribution is 2.30. The van der Waals surface area contributed by atoms with E-state index in [0.29, 0.717) is 24.0 Å². The molecule has 0 saturated carbocycles. The maximum absolute atomic E-state index is 11.8. The summed E-state index contributed by atoms with van der Waals surface area (Å²) in [6.07, 6.45) is 0. The second kappa shape index (κ2) is 7.90. The molecule has 8 heteroatoms. The Bertz CT molecular complexity index is 996. The van der Waals surface area contributed by atoms with E-state index in [1.165, 1.54) is 0 Å². The quantitative estimate of drug-likeness (QED) is 0.351. The van der Waals surface area contributed by atoms with Crippen molar-refractivity contribution in [2.45, 2.75) is 6.54 Å². The predicted molar refractivity (Wildman–Crippen MR) is 104 cm³/mol. The third-order valence-electron chi connectivity index (χ3n) is 4.17. The molecule has 0 aliphatic carbocycles. The van der Waals surface area contributed by atoms with Gasteiger partial charge >= 0.3 is 6.03 Å². The number of aliphatic hydroxyl groups is 1. The highest BCUT2D eigenvalue weighted by molar-refractivity contribution is 6.13. The molecule has 0 saturated heterocycles. The number of fused-ring (bicyclic) bond motifs is 1. The standard InChI is InChI=1S/C19H21N5O3/c20-17(26)16-14-5-4-13(9-15(14)23-18(16)24-19(21)27)12-3-1-2-11(8-12)10-22-6-7-25/h1-5,8-9,22-23,25H,6-7,10H2,(H2,20,26)(H3,21,24,27). The molecule has 0 unspecified atom stereocenters. The van der Waals surface area contributed by atoms with Crippen molar-refractivity contribution in [1.29, 1.82) is 0 Å². The van der Waals surface area contributed by atoms with E-state index < -0.39 is 11.9 Å². The Kier molecular flexibility index (Phi) is 5.39. The molecule has 3 rings (SSSR count). The topological polar surface area (TPSA) is 146 Å². The first-order valence-corrected chi connectivity index (χ1v) is 8.42. The van der Waals surface area contributed by atoms with Crippen molar-refractivity contribution in [3.05, 3.63) is 53.6 Å². The van der Waals surface area contributed by atoms with Crippen LogP contribution in [0.1, 0.15) is 15.9 Å². The number of benzene rings is 2. The van der Waals surface area contributed by atoms with E-state index in [9.17, 15) is 9.59 Å². The van der Waals surface area contributed by atoms with Gasteiger partial charge < -0.3 is 26.9 Å². The number of carbonyl (C=O) groups is 2. The van der Waals surface area contributed by atoms with E-state index in [1.54, 1.807) is 6.07 Å². The van der Waals surface area contributed by atoms with Gasteiger partial charge in [0.1, 0.15) is 5.82 Å². The molecule has 0 fully saturated rings. The summed E-state index contributed by atoms with van der Waals surface area (Å²) in [5.74, 6) is -0.473. The summed E-state index contributed by atoms with van der Waals surface area (Å²) in [4.78, 5) is 26.0. The van der Waals surface area contributed by atoms with Gasteiger partial charge in [0.25, 0.3) is 5.91 Å². The third-order valence-corrected chi connectivity index (χ3v) is 4.17. The van der Waals surface area contributed by atoms with Gasteiger partial charge in [-0.2, -0.15) is 0 Å². The molecule has 140 valence electrons. The molecule has 1 aromatic heterocycles. The molecule has 0 bridgehead atoms. The summed E-state index contributed by atoms with van der Waals surface area (Å²) in [7, 11) is 0. The van der Waals surface area contributed by atoms with Crippen LogP contribution in [0.2, 0.25) is 0 Å². The summed E-state index contributed by atoms with van der Waals surface area (Å²) in [6.45, 7) is 1.27. The number of carbonyl (C=O) groups excluding carboxylic acids is 2. The molecule has 1 heterocycles. The molecule has 8 N–H and O–H groups in total. The van der Waals surface area contributed by atoms with E-state index in [2.05, 4.69) is 15.6 Å². The van der Waals surface area contributed by atoms with Crippen LogP contribution in [0.15, 0.2) is 42.5 Å². The molecule has 0 spiro atoms. The Morgan fingerprint density at radius 2 is 1.85 bits per heavy atom. The zero-order chi connectivity index (χ0) is 19.4. The minimum Gasteiger partial charge on any atom is -0.395 e. The van der Waals surface area contributed by atoms with Gasteiger partial charge in [0.05, 0.1) is 12.2 Å². The number of H-pyrrole nitrogens is 1. The first-order chi connectivity index (χ1) is 13.0. The van der Waals surface area contributed by atoms with E-state index in [0.717, 1.165) is 16.7 Å². The fourth-order valence-corrected chi connectivity index (χ4v) is 3.02. The summed E-state index contributed by atoms with van der Waals surface area (Å²) in [6, 6.07) is 12.8. The van der Waals surface area contributed by atoms with Crippen molar-refractivity contribution in [2.24, 2.45) is 11.5 Å². The number of aromatic amines is 1. The van der Waals surface area contributed by atoms with Crippen molar-refractivity contribution in [2.75, 3.05) is 18.5 Å². The molecule has 27 heavy (non-hydrogen) atoms. The number of anilines is 1. The lowest BCUT2D eigenvalue weighted by molar-refractivity contribution is 0.100. The maximum Gasteiger partial charge on any atom is 0.317 e. The Morgan fingerprint density at radius 1 is 1.07 bits per heavy atom. The molecular weight excluding hydrogens is 346 g/mol. The van der Waals surface area contributed by atoms with Crippen LogP contribution in [0.5, 0.6) is 0 Å². The Hall–Kier alpha value is -3.36. The van der Waals surface area contributed by atoms with Crippen LogP contribution in [0.25, 0.3) is 22.0 Å². The molecule has 8 nitrogen and oxygen atoms in total. The summed E-state index contributed by atoms with van der Waals surface area (Å²) in [5.41, 5.74) is 14.5. The molecule has 2 aromatic carbocycles. The van der Waals surface area contributed by atoms with Crippen LogP contribution < -0.4 is 22.1 Å². The number of nitrogens with two attached hydrogens (primary N) is 2. The molecule has 0 aliphatic rings. The van der Waals surface area contributed by atoms with Crippen molar-refractivity contribution in [1.82, 2.24) is 10.3 Å². The number of primary amides is 2. The first-order valence-electron chi connectivity index (χ1n) is 8.42. The second-order valence-corrected chi connectivity index (χ2v) is 6.09. The lowest BCUT2D eigenvalue weighted by atomic mass is 10.0. The number of amides is 3. The molecule has 0 aliphatic heterocycles. The SMILES string of the molecule is NC(=O)Nc1[nH]c2cc(-c3cccc(CNCCO)c3)ccc2c1C(N)=O. The highest BCUT2D eigenvalue weighted by Gasteiger charge is 2.17. The maximum atomic E-state index is 11.8. The average Bonchev–Trinajstić information content (AvgIpc) is 2.98. The first kappa shape index (κ1) is 18.4. The van der Waals surface area contributed by atoms with Crippen LogP contribution in [0.4, 0.5) is 10.6 Å². The molecule has 0 atom stereocenters. The minimum atomic E-state index is -0.785. The van der Waals surface area contributed by atoms with Gasteiger partial charge in [-0.15, -0.1) is 0 Å². The van der Waals surface area contributed by atoms with Crippen molar-refractivity contribution >= 4 is 28.7 Å². The molecular formula is C19H21N5O3. The van der Waals surface area contributed by atoms with Crippen LogP contribution in [-0.2, 0) is 6.54 Å². The predicted octanol–water partition coefficient (Wildman–Crippen LogP) is 1.51. The van der Waals surface area contributed by atoms with Crippen LogP contribution >= 0.6 is 0 Å². The number of hydrogen-bond acceptors (Lipinski definition) is 4. The zero-order valence-corrected chi connectivity index (χ0v) is 14.6. The van der Waals surface area contributed by atoms with Crippen molar-refractivity contribution in [3.8, 4) is 11.1 Å². The molecule has 3 aromatic rings. The van der Waals surface area contributed by atoms with E-state index in [1.807, 2.05) is 36.4 Å². The Labute approximate surface area is 155 Å². The summed E-state index contributed by atoms with van der Waals surface area (Å²) in [5, 5.41) is 15.0. The Balaban J connectivity index is 1.98. The van der Waals surface area contributed by atoms with Crippen LogP contribution in [-0.4, -0.2) is 35.2 Å². The largest absolute Gasteiger partial charge is 0.395 e. The normalized spacial score (nSPS) is 10.9. The lowest BCUT2D eigenvalue weighted by Gasteiger charge is -2.07. The fourth-order valence-electron chi connectivity index (χ4n) is 3.02. The monoisotopic (exact) mass is 367 g/mol. The number of aliphatic hydroxyl groups excluding tert-OH is 1. The molecule has 3 amide bonds. The van der Waals surface area contributed by atoms with Crippen molar-refractivity contribution < 1.29 is 14.7 Å². The van der Waals surface area contributed by atoms with Gasteiger partial charge in [-0.05, 0) is 28.8 Å². The number of nitrogens with one attached hydrogen (secondary N) is 3. The zero-order valence-electron chi connectivity index (χ0n) is 14.6. The van der Waals surface area contributed by atoms with Gasteiger partial charge in [-0.3, -0.25) is 10.1 Å². The van der Waals surface area contributed by atoms with E-state index in [-0.39, 0.29) is 18.0 Å². The number of hydrogen-bond donors (Lipinski definition) is 6. The molecule has 0 radical (unpaired) electrons. The lowest BCUT2D eigenvalue weighted by Crippen LogP contribution is -2.22. The Morgan fingerprint density at radius 3 is 2.56 bits per heavy atom. The smallest absolute Gasteiger partial charge is 0.317 e. The van der Waals surface area contributed by atoms with Crippen LogP contribution in [0, 0.1) is 0 Å². The second-order valence-electron chi connectivity index (χ2n) is 6.09. The highest BCUT2D eigenvalue weighted by atomic mass is 16.3. The minimum absolute atomic E-state index is 0.0903. The van der Waals surface area contributed by atoms with Gasteiger partial charge in [-0.25, -0.2) is 4.79 Å². The number of urea groups is 1. The van der Waals surface area contributed by atoms with Gasteiger partial charge in [0, 0.05) is 24.0 Å². The summed E-state index contributed by atoms with van der Waals surface area (Å²) >= 11 is 0. The third kappa shape index (κ3) is 4.08. The van der Waals surface area contributed by atoms with Gasteiger partial charge in [-0.1, -0.05) is 30.3 Å². The average molecular weight is 367 g/mol. The fraction of sp³-hybridized carbons (Fsp3) is 0.158. The van der Waals surface area contributed by atoms with E-state index >= 15 is 0 Å². The number of rotatable bonds is 7. The van der Waals surface area contributed by atoms with E-state index in [4.69, 9.17) is 16.6 Å². The van der Waals surface area contributed by atoms with Gasteiger partial charge in [0.15, 0.2) is 0 Å². The van der Waals surface area contributed by atoms with Crippen LogP contribution in [0.3, 0.4) is 0 Å². The number of aromatic nitrogens is 1. The van der Waals surface area contributed by atoms with Crippen molar-refractivity contribution in [3.63, 3.8) is 0 Å². The van der Waals surface area contributed by atoms with Gasteiger partial charge in [0.2, 0.25) is 0 Å².